The molecule has 5 nitrogen and oxygen atoms in total. The van der Waals surface area contributed by atoms with Gasteiger partial charge in [0.15, 0.2) is 5.11 Å². The molecule has 2 aromatic heterocycles. The maximum atomic E-state index is 5.78. The Morgan fingerprint density at radius 3 is 2.66 bits per heavy atom. The number of hydrogen-bond acceptors (Lipinski definition) is 3. The monoisotopic (exact) mass is 442 g/mol. The lowest BCUT2D eigenvalue weighted by Crippen LogP contribution is -2.32. The van der Waals surface area contributed by atoms with Crippen molar-refractivity contribution in [3.63, 3.8) is 0 Å². The van der Waals surface area contributed by atoms with E-state index >= 15 is 0 Å². The van der Waals surface area contributed by atoms with Gasteiger partial charge in [0.25, 0.3) is 0 Å². The molecule has 0 unspecified atom stereocenters. The average molecular weight is 443 g/mol. The van der Waals surface area contributed by atoms with E-state index in [2.05, 4.69) is 86.6 Å². The minimum Gasteiger partial charge on any atom is -0.385 e. The van der Waals surface area contributed by atoms with Crippen molar-refractivity contribution >= 4 is 28.1 Å². The van der Waals surface area contributed by atoms with E-state index in [9.17, 15) is 0 Å². The summed E-state index contributed by atoms with van der Waals surface area (Å²) < 4.78 is 7.57. The molecule has 0 radical (unpaired) electrons. The highest BCUT2D eigenvalue weighted by molar-refractivity contribution is 7.80. The Bertz CT molecular complexity index is 1220. The second-order valence-electron chi connectivity index (χ2n) is 8.00. The predicted molar refractivity (Wildman–Crippen MR) is 132 cm³/mol. The van der Waals surface area contributed by atoms with Crippen molar-refractivity contribution in [2.75, 3.05) is 20.3 Å². The van der Waals surface area contributed by atoms with Crippen LogP contribution in [-0.4, -0.2) is 39.8 Å². The van der Waals surface area contributed by atoms with Gasteiger partial charge >= 0.3 is 0 Å². The lowest BCUT2D eigenvalue weighted by molar-refractivity contribution is 0.180. The number of thiocarbonyl (C=S) groups is 1. The number of aromatic nitrogens is 2. The summed E-state index contributed by atoms with van der Waals surface area (Å²) in [6.07, 6.45) is 4.87. The summed E-state index contributed by atoms with van der Waals surface area (Å²) in [5.74, 6) is 0. The number of nitrogens with one attached hydrogen (secondary N) is 1. The van der Waals surface area contributed by atoms with Gasteiger partial charge in [-0.3, -0.25) is 4.98 Å². The van der Waals surface area contributed by atoms with Gasteiger partial charge in [0, 0.05) is 44.0 Å². The Hall–Kier alpha value is -3.22. The second-order valence-corrected chi connectivity index (χ2v) is 8.39. The fourth-order valence-corrected chi connectivity index (χ4v) is 4.88. The van der Waals surface area contributed by atoms with Gasteiger partial charge in [0.1, 0.15) is 0 Å². The maximum absolute atomic E-state index is 5.78. The third kappa shape index (κ3) is 3.87. The van der Waals surface area contributed by atoms with Gasteiger partial charge in [-0.25, -0.2) is 0 Å². The van der Waals surface area contributed by atoms with E-state index in [1.165, 1.54) is 16.5 Å². The zero-order valence-electron chi connectivity index (χ0n) is 18.0. The molecule has 32 heavy (non-hydrogen) atoms. The molecular weight excluding hydrogens is 416 g/mol. The number of fused-ring (bicyclic) bond motifs is 1. The van der Waals surface area contributed by atoms with Gasteiger partial charge in [-0.2, -0.15) is 0 Å². The number of hydrogen-bond donors (Lipinski definition) is 1. The molecule has 5 rings (SSSR count). The lowest BCUT2D eigenvalue weighted by atomic mass is 10.0. The normalized spacial score (nSPS) is 18.3. The molecule has 0 bridgehead atoms. The highest BCUT2D eigenvalue weighted by Crippen LogP contribution is 2.39. The van der Waals surface area contributed by atoms with E-state index in [1.807, 2.05) is 18.3 Å². The van der Waals surface area contributed by atoms with Crippen LogP contribution >= 0.6 is 12.2 Å². The number of nitrogens with zero attached hydrogens (tertiary/aromatic N) is 3. The van der Waals surface area contributed by atoms with E-state index in [1.54, 1.807) is 7.11 Å². The van der Waals surface area contributed by atoms with Crippen molar-refractivity contribution in [3.8, 4) is 5.69 Å². The minimum absolute atomic E-state index is 0.0238. The van der Waals surface area contributed by atoms with Crippen LogP contribution in [0.25, 0.3) is 16.5 Å². The summed E-state index contributed by atoms with van der Waals surface area (Å²) in [5, 5.41) is 6.75. The molecule has 1 saturated heterocycles. The Balaban J connectivity index is 1.58. The first kappa shape index (κ1) is 20.7. The third-order valence-electron chi connectivity index (χ3n) is 6.04. The molecule has 4 aromatic rings. The van der Waals surface area contributed by atoms with Crippen LogP contribution in [0.1, 0.15) is 29.9 Å². The van der Waals surface area contributed by atoms with Crippen LogP contribution in [0.3, 0.4) is 0 Å². The van der Waals surface area contributed by atoms with Crippen LogP contribution < -0.4 is 5.32 Å². The van der Waals surface area contributed by atoms with Crippen LogP contribution in [0.15, 0.2) is 85.2 Å². The van der Waals surface area contributed by atoms with Gasteiger partial charge in [0.2, 0.25) is 0 Å². The van der Waals surface area contributed by atoms with Crippen LogP contribution in [-0.2, 0) is 4.74 Å². The van der Waals surface area contributed by atoms with Crippen LogP contribution in [0, 0.1) is 0 Å². The SMILES string of the molecule is COCCCN1C(=S)N[C@@H](c2ccccn2)[C@@H]1c1cccn1-c1ccc2ccccc2c1. The number of benzene rings is 2. The third-order valence-corrected chi connectivity index (χ3v) is 6.39. The van der Waals surface area contributed by atoms with Gasteiger partial charge in [-0.1, -0.05) is 36.4 Å². The van der Waals surface area contributed by atoms with E-state index in [4.69, 9.17) is 17.0 Å². The van der Waals surface area contributed by atoms with E-state index < -0.39 is 0 Å². The Labute approximate surface area is 193 Å². The molecule has 6 heteroatoms. The summed E-state index contributed by atoms with van der Waals surface area (Å²) in [7, 11) is 1.74. The van der Waals surface area contributed by atoms with E-state index in [0.29, 0.717) is 6.61 Å². The number of pyridine rings is 1. The maximum Gasteiger partial charge on any atom is 0.170 e. The molecular formula is C26H26N4OS. The van der Waals surface area contributed by atoms with Crippen molar-refractivity contribution in [2.24, 2.45) is 0 Å². The summed E-state index contributed by atoms with van der Waals surface area (Å²) >= 11 is 5.78. The Morgan fingerprint density at radius 1 is 1.00 bits per heavy atom. The fraction of sp³-hybridized carbons (Fsp3) is 0.231. The fourth-order valence-electron chi connectivity index (χ4n) is 4.54. The molecule has 0 saturated carbocycles. The van der Waals surface area contributed by atoms with E-state index in [-0.39, 0.29) is 12.1 Å². The first-order chi connectivity index (χ1) is 15.8. The van der Waals surface area contributed by atoms with Crippen molar-refractivity contribution in [1.29, 1.82) is 0 Å². The Morgan fingerprint density at radius 2 is 1.84 bits per heavy atom. The quantitative estimate of drug-likeness (QED) is 0.321. The van der Waals surface area contributed by atoms with Gasteiger partial charge < -0.3 is 19.5 Å². The highest BCUT2D eigenvalue weighted by atomic mass is 32.1. The molecule has 0 amide bonds. The summed E-state index contributed by atoms with van der Waals surface area (Å²) in [4.78, 5) is 6.93. The zero-order valence-corrected chi connectivity index (χ0v) is 18.8. The largest absolute Gasteiger partial charge is 0.385 e. The summed E-state index contributed by atoms with van der Waals surface area (Å²) in [5.41, 5.74) is 3.30. The Kier molecular flexibility index (Phi) is 5.88. The standard InChI is InChI=1S/C26H26N4OS/c1-31-17-7-16-30-25(24(28-26(30)32)22-10-4-5-14-27-22)23-11-6-15-29(23)21-13-12-19-8-2-3-9-20(19)18-21/h2-6,8-15,18,24-25H,7,16-17H2,1H3,(H,28,32)/t24-,25-/m0/s1. The van der Waals surface area contributed by atoms with Crippen molar-refractivity contribution in [3.05, 3.63) is 96.6 Å². The molecule has 2 atom stereocenters. The van der Waals surface area contributed by atoms with E-state index in [0.717, 1.165) is 29.5 Å². The van der Waals surface area contributed by atoms with Crippen LogP contribution in [0.2, 0.25) is 0 Å². The number of rotatable bonds is 7. The summed E-state index contributed by atoms with van der Waals surface area (Å²) in [6.45, 7) is 1.52. The molecule has 1 fully saturated rings. The van der Waals surface area contributed by atoms with Crippen LogP contribution in [0.5, 0.6) is 0 Å². The topological polar surface area (TPSA) is 42.3 Å². The van der Waals surface area contributed by atoms with Gasteiger partial charge in [-0.05, 0) is 65.8 Å². The molecule has 1 aliphatic rings. The predicted octanol–water partition coefficient (Wildman–Crippen LogP) is 5.03. The number of ether oxygens (including phenoxy) is 1. The zero-order chi connectivity index (χ0) is 21.9. The summed E-state index contributed by atoms with van der Waals surface area (Å²) in [6, 6.07) is 25.4. The highest BCUT2D eigenvalue weighted by Gasteiger charge is 2.40. The van der Waals surface area contributed by atoms with Gasteiger partial charge in [-0.15, -0.1) is 0 Å². The van der Waals surface area contributed by atoms with Crippen molar-refractivity contribution in [2.45, 2.75) is 18.5 Å². The first-order valence-electron chi connectivity index (χ1n) is 10.9. The average Bonchev–Trinajstić information content (AvgIpc) is 3.44. The molecule has 0 aliphatic carbocycles. The molecule has 1 aliphatic heterocycles. The number of methoxy groups -OCH3 is 1. The smallest absolute Gasteiger partial charge is 0.170 e. The molecule has 3 heterocycles. The van der Waals surface area contributed by atoms with Crippen molar-refractivity contribution in [1.82, 2.24) is 19.8 Å². The van der Waals surface area contributed by atoms with Crippen molar-refractivity contribution < 1.29 is 4.74 Å². The minimum atomic E-state index is -0.0275. The first-order valence-corrected chi connectivity index (χ1v) is 11.3. The molecule has 2 aromatic carbocycles. The molecule has 162 valence electrons. The second kappa shape index (κ2) is 9.10. The van der Waals surface area contributed by atoms with Gasteiger partial charge in [0.05, 0.1) is 17.8 Å². The van der Waals surface area contributed by atoms with Crippen LogP contribution in [0.4, 0.5) is 0 Å². The lowest BCUT2D eigenvalue weighted by Gasteiger charge is -2.29. The molecule has 1 N–H and O–H groups in total. The molecule has 0 spiro atoms.